The van der Waals surface area contributed by atoms with Gasteiger partial charge in [0.15, 0.2) is 0 Å². The molecular formula is C103H175NO34. The molecular weight excluding hydrogens is 1800 g/mol. The van der Waals surface area contributed by atoms with Crippen LogP contribution in [0.1, 0.15) is 432 Å². The van der Waals surface area contributed by atoms with Crippen LogP contribution in [0.3, 0.4) is 0 Å². The van der Waals surface area contributed by atoms with Gasteiger partial charge in [-0.1, -0.05) is 20.3 Å². The van der Waals surface area contributed by atoms with Gasteiger partial charge in [0.05, 0.1) is 118 Å². The number of hydrogen-bond donors (Lipinski definition) is 1. The van der Waals surface area contributed by atoms with Gasteiger partial charge in [-0.15, -0.1) is 0 Å². The summed E-state index contributed by atoms with van der Waals surface area (Å²) in [6.45, 7) is 12.3. The van der Waals surface area contributed by atoms with Crippen LogP contribution in [-0.2, 0) is 157 Å². The first-order valence-electron chi connectivity index (χ1n) is 52.3. The summed E-state index contributed by atoms with van der Waals surface area (Å²) in [5.41, 5.74) is -0.571. The van der Waals surface area contributed by atoms with Crippen molar-refractivity contribution in [2.24, 2.45) is 5.41 Å². The molecule has 0 aliphatic rings. The van der Waals surface area contributed by atoms with Crippen LogP contribution >= 0.6 is 0 Å². The van der Waals surface area contributed by atoms with E-state index in [1.54, 1.807) is 13.8 Å². The zero-order valence-corrected chi connectivity index (χ0v) is 84.7. The molecule has 138 heavy (non-hydrogen) atoms. The summed E-state index contributed by atoms with van der Waals surface area (Å²) in [7, 11) is 0. The van der Waals surface area contributed by atoms with E-state index in [1.807, 2.05) is 13.8 Å². The van der Waals surface area contributed by atoms with Crippen molar-refractivity contribution in [1.29, 1.82) is 0 Å². The molecule has 0 fully saturated rings. The molecule has 35 nitrogen and oxygen atoms in total. The highest BCUT2D eigenvalue weighted by atomic mass is 16.6. The molecule has 0 saturated carbocycles. The number of ether oxygens (including phenoxy) is 17. The molecule has 0 unspecified atom stereocenters. The van der Waals surface area contributed by atoms with Crippen molar-refractivity contribution in [2.75, 3.05) is 119 Å². The van der Waals surface area contributed by atoms with Crippen LogP contribution in [0, 0.1) is 5.41 Å². The molecule has 0 spiro atoms. The Balaban J connectivity index is 3.55. The second-order valence-corrected chi connectivity index (χ2v) is 35.3. The van der Waals surface area contributed by atoms with E-state index in [2.05, 4.69) is 5.32 Å². The molecule has 0 saturated heterocycles. The van der Waals surface area contributed by atoms with E-state index >= 15 is 0 Å². The van der Waals surface area contributed by atoms with Crippen LogP contribution in [0.25, 0.3) is 0 Å². The molecule has 35 heteroatoms. The number of amides is 1. The zero-order chi connectivity index (χ0) is 101. The Bertz CT molecular complexity index is 3100. The van der Waals surface area contributed by atoms with Crippen molar-refractivity contribution in [1.82, 2.24) is 5.32 Å². The summed E-state index contributed by atoms with van der Waals surface area (Å²) >= 11 is 0. The number of carbonyl (C=O) groups is 17. The lowest BCUT2D eigenvalue weighted by atomic mass is 9.91. The SMILES string of the molecule is CCCCOC(=O)CCCCCOC(=O)CCCCCOC(=O)CCCCCOC(=O)CCCCCOC(=O)CCCCCOC(=O)CCCCCOC(=O)CCCCCOC(=O)CCCCCOC(=O)CCCCCOC(=O)CCCCCOC(=O)CCCCCOC(=O)CCCCCOC(=O)CCCCCOC(=O)CCCCCOC(=O)CCCCCOC(=O)NCCOC(=O)C(C)(C)CC. The van der Waals surface area contributed by atoms with E-state index in [1.165, 1.54) is 0 Å². The second kappa shape index (κ2) is 95.3. The van der Waals surface area contributed by atoms with E-state index in [9.17, 15) is 81.5 Å². The van der Waals surface area contributed by atoms with Gasteiger partial charge < -0.3 is 85.8 Å². The van der Waals surface area contributed by atoms with Crippen LogP contribution in [-0.4, -0.2) is 220 Å². The smallest absolute Gasteiger partial charge is 0.407 e. The van der Waals surface area contributed by atoms with E-state index in [-0.39, 0.29) is 278 Å². The first-order valence-corrected chi connectivity index (χ1v) is 52.3. The Kier molecular flexibility index (Phi) is 89.0. The molecule has 0 atom stereocenters. The summed E-state index contributed by atoms with van der Waals surface area (Å²) < 4.78 is 89.7. The Hall–Kier alpha value is -9.21. The highest BCUT2D eigenvalue weighted by Crippen LogP contribution is 2.22. The summed E-state index contributed by atoms with van der Waals surface area (Å²) in [6, 6.07) is 0. The van der Waals surface area contributed by atoms with Gasteiger partial charge in [0.25, 0.3) is 0 Å². The number of unbranched alkanes of at least 4 members (excludes halogenated alkanes) is 31. The number of esters is 16. The maximum absolute atomic E-state index is 12.2. The largest absolute Gasteiger partial charge is 0.466 e. The number of alkyl carbamates (subject to hydrolysis) is 1. The summed E-state index contributed by atoms with van der Waals surface area (Å²) in [4.78, 5) is 205. The zero-order valence-electron chi connectivity index (χ0n) is 84.7. The van der Waals surface area contributed by atoms with Crippen molar-refractivity contribution >= 4 is 102 Å². The fraction of sp³-hybridized carbons (Fsp3) is 0.835. The van der Waals surface area contributed by atoms with Gasteiger partial charge in [-0.3, -0.25) is 76.7 Å². The molecule has 0 aromatic heterocycles. The highest BCUT2D eigenvalue weighted by molar-refractivity contribution is 5.77. The highest BCUT2D eigenvalue weighted by Gasteiger charge is 2.27. The molecule has 1 amide bonds. The second-order valence-electron chi connectivity index (χ2n) is 35.3. The fourth-order valence-electron chi connectivity index (χ4n) is 13.1. The molecule has 796 valence electrons. The predicted molar refractivity (Wildman–Crippen MR) is 511 cm³/mol. The molecule has 0 radical (unpaired) electrons. The Morgan fingerprint density at radius 2 is 0.290 bits per heavy atom. The number of nitrogens with one attached hydrogen (secondary N) is 1. The quantitative estimate of drug-likeness (QED) is 0.0336. The minimum atomic E-state index is -0.593. The first-order chi connectivity index (χ1) is 66.8. The monoisotopic (exact) mass is 1970 g/mol. The van der Waals surface area contributed by atoms with Crippen LogP contribution < -0.4 is 5.32 Å². The lowest BCUT2D eigenvalue weighted by Crippen LogP contribution is -2.32. The van der Waals surface area contributed by atoms with Crippen LogP contribution in [0.15, 0.2) is 0 Å². The molecule has 0 aliphatic carbocycles. The van der Waals surface area contributed by atoms with E-state index in [0.29, 0.717) is 309 Å². The van der Waals surface area contributed by atoms with E-state index in [0.717, 1.165) is 32.1 Å². The lowest BCUT2D eigenvalue weighted by molar-refractivity contribution is -0.154. The maximum atomic E-state index is 12.2. The van der Waals surface area contributed by atoms with Gasteiger partial charge in [-0.25, -0.2) is 4.79 Å². The van der Waals surface area contributed by atoms with Crippen molar-refractivity contribution in [3.8, 4) is 0 Å². The molecule has 0 aromatic carbocycles. The van der Waals surface area contributed by atoms with Crippen LogP contribution in [0.2, 0.25) is 0 Å². The van der Waals surface area contributed by atoms with E-state index < -0.39 is 11.5 Å². The van der Waals surface area contributed by atoms with Gasteiger partial charge in [0.1, 0.15) is 6.61 Å². The van der Waals surface area contributed by atoms with Gasteiger partial charge in [-0.2, -0.15) is 0 Å². The average Bonchev–Trinajstić information content (AvgIpc) is 0.895. The van der Waals surface area contributed by atoms with E-state index in [4.69, 9.17) is 80.5 Å². The summed E-state index contributed by atoms with van der Waals surface area (Å²) in [5, 5.41) is 2.53. The van der Waals surface area contributed by atoms with Crippen molar-refractivity contribution < 1.29 is 162 Å². The predicted octanol–water partition coefficient (Wildman–Crippen LogP) is 19.0. The number of carbonyl (C=O) groups excluding carboxylic acids is 17. The lowest BCUT2D eigenvalue weighted by Gasteiger charge is -2.20. The Morgan fingerprint density at radius 1 is 0.159 bits per heavy atom. The summed E-state index contributed by atoms with van der Waals surface area (Å²) in [5.74, 6) is -4.54. The molecule has 1 N–H and O–H groups in total. The Labute approximate surface area is 821 Å². The third-order valence-corrected chi connectivity index (χ3v) is 22.1. The average molecular weight is 1970 g/mol. The normalized spacial score (nSPS) is 11.0. The molecule has 0 bridgehead atoms. The van der Waals surface area contributed by atoms with Crippen molar-refractivity contribution in [3.05, 3.63) is 0 Å². The van der Waals surface area contributed by atoms with Crippen LogP contribution in [0.4, 0.5) is 4.79 Å². The van der Waals surface area contributed by atoms with Crippen molar-refractivity contribution in [3.63, 3.8) is 0 Å². The van der Waals surface area contributed by atoms with Gasteiger partial charge in [0.2, 0.25) is 0 Å². The fourth-order valence-corrected chi connectivity index (χ4v) is 13.1. The summed E-state index contributed by atoms with van der Waals surface area (Å²) in [6.07, 6.45) is 35.6. The topological polar surface area (TPSA) is 459 Å². The maximum Gasteiger partial charge on any atom is 0.407 e. The molecule has 0 aromatic rings. The third-order valence-electron chi connectivity index (χ3n) is 22.1. The minimum Gasteiger partial charge on any atom is -0.466 e. The Morgan fingerprint density at radius 3 is 0.420 bits per heavy atom. The van der Waals surface area contributed by atoms with Gasteiger partial charge >= 0.3 is 102 Å². The molecule has 0 aliphatic heterocycles. The third kappa shape index (κ3) is 93.1. The van der Waals surface area contributed by atoms with Crippen molar-refractivity contribution in [2.45, 2.75) is 432 Å². The first kappa shape index (κ1) is 129. The number of rotatable bonds is 98. The molecule has 0 heterocycles. The molecule has 0 rings (SSSR count). The number of hydrogen-bond acceptors (Lipinski definition) is 34. The standard InChI is InChI=1S/C103H175NO34/c1-5-7-69-122-86(105)53-23-8-38-70-123-87(106)54-24-9-39-71-124-88(107)55-25-10-40-72-125-89(108)56-26-11-41-73-126-90(109)57-27-12-42-74-127-91(110)58-28-13-43-75-128-92(111)59-29-14-44-76-129-93(112)60-30-15-45-77-130-94(113)61-31-16-46-78-131-95(114)62-32-17-47-79-132-96(115)63-33-18-48-80-133-97(116)64-34-19-49-81-134-98(117)65-35-20-50-82-135-99(118)66-36-21-51-83-136-100(119)67-37-22-52-84-138-102(121)104-68-85-137-101(120)103(3,4)6-2/h5-85H2,1-4H3,(H,104,121). The van der Waals surface area contributed by atoms with Crippen LogP contribution in [0.5, 0.6) is 0 Å². The minimum absolute atomic E-state index is 0.0645. The van der Waals surface area contributed by atoms with Gasteiger partial charge in [-0.05, 0) is 316 Å². The van der Waals surface area contributed by atoms with Gasteiger partial charge in [0, 0.05) is 96.3 Å².